The van der Waals surface area contributed by atoms with Gasteiger partial charge in [-0.1, -0.05) is 310 Å². The van der Waals surface area contributed by atoms with Gasteiger partial charge in [0.25, 0.3) is 0 Å². The van der Waals surface area contributed by atoms with Crippen molar-refractivity contribution >= 4 is 17.9 Å². The van der Waals surface area contributed by atoms with E-state index in [1.54, 1.807) is 0 Å². The first-order valence-electron chi connectivity index (χ1n) is 32.4. The molecule has 0 aromatic heterocycles. The zero-order valence-corrected chi connectivity index (χ0v) is 50.4. The Hall–Kier alpha value is -3.93. The first kappa shape index (κ1) is 73.1. The van der Waals surface area contributed by atoms with Crippen LogP contribution in [-0.2, 0) is 28.6 Å². The highest BCUT2D eigenvalue weighted by Gasteiger charge is 2.19. The molecule has 0 heterocycles. The van der Waals surface area contributed by atoms with E-state index in [4.69, 9.17) is 14.2 Å². The lowest BCUT2D eigenvalue weighted by molar-refractivity contribution is -0.167. The molecule has 0 fully saturated rings. The maximum absolute atomic E-state index is 12.9. The first-order chi connectivity index (χ1) is 38.0. The monoisotopic (exact) mass is 1070 g/mol. The lowest BCUT2D eigenvalue weighted by Crippen LogP contribution is -2.30. The number of esters is 3. The molecule has 440 valence electrons. The lowest BCUT2D eigenvalue weighted by atomic mass is 10.0. The number of rotatable bonds is 58. The third kappa shape index (κ3) is 62.8. The van der Waals surface area contributed by atoms with E-state index in [1.165, 1.54) is 154 Å². The minimum Gasteiger partial charge on any atom is -0.462 e. The van der Waals surface area contributed by atoms with Gasteiger partial charge in [-0.25, -0.2) is 0 Å². The third-order valence-electron chi connectivity index (χ3n) is 13.8. The van der Waals surface area contributed by atoms with Crippen molar-refractivity contribution < 1.29 is 28.6 Å². The number of carbonyl (C=O) groups is 3. The van der Waals surface area contributed by atoms with Crippen LogP contribution in [0.25, 0.3) is 0 Å². The molecule has 0 radical (unpaired) electrons. The minimum absolute atomic E-state index is 0.0923. The van der Waals surface area contributed by atoms with E-state index in [0.717, 1.165) is 103 Å². The molecule has 0 aliphatic carbocycles. The predicted molar refractivity (Wildman–Crippen MR) is 334 cm³/mol. The van der Waals surface area contributed by atoms with Gasteiger partial charge in [-0.15, -0.1) is 0 Å². The molecule has 1 atom stereocenters. The highest BCUT2D eigenvalue weighted by atomic mass is 16.6. The maximum Gasteiger partial charge on any atom is 0.306 e. The smallest absolute Gasteiger partial charge is 0.306 e. The minimum atomic E-state index is -0.800. The largest absolute Gasteiger partial charge is 0.462 e. The van der Waals surface area contributed by atoms with Crippen molar-refractivity contribution in [3.63, 3.8) is 0 Å². The fourth-order valence-electron chi connectivity index (χ4n) is 8.98. The number of hydrogen-bond donors (Lipinski definition) is 0. The van der Waals surface area contributed by atoms with Gasteiger partial charge in [0.1, 0.15) is 13.2 Å². The van der Waals surface area contributed by atoms with Crippen LogP contribution < -0.4 is 0 Å². The maximum atomic E-state index is 12.9. The SMILES string of the molecule is CC/C=C\C/C=C\C/C=C\C/C=C\C/C=C\C/C=C\C/C=C\C/C=C\C/C=C\CCCC(=O)OCC(COC(=O)CCCCCCCCCCCCCCCC)OC(=O)CCCCCCCCCCCCCCCCCC. The first-order valence-corrected chi connectivity index (χ1v) is 32.4. The summed E-state index contributed by atoms with van der Waals surface area (Å²) in [5.74, 6) is -0.943. The van der Waals surface area contributed by atoms with E-state index in [1.807, 2.05) is 0 Å². The average Bonchev–Trinajstić information content (AvgIpc) is 3.43. The molecule has 0 rings (SSSR count). The Morgan fingerprint density at radius 1 is 0.273 bits per heavy atom. The Balaban J connectivity index is 4.41. The molecule has 0 aliphatic heterocycles. The van der Waals surface area contributed by atoms with Crippen LogP contribution in [0, 0.1) is 0 Å². The molecular formula is C71H120O6. The summed E-state index contributed by atoms with van der Waals surface area (Å²) in [6, 6.07) is 0. The Morgan fingerprint density at radius 3 is 0.792 bits per heavy atom. The second-order valence-corrected chi connectivity index (χ2v) is 21.3. The van der Waals surface area contributed by atoms with Gasteiger partial charge in [0.05, 0.1) is 0 Å². The Kier molecular flexibility index (Phi) is 61.3. The molecule has 6 heteroatoms. The van der Waals surface area contributed by atoms with Gasteiger partial charge in [-0.2, -0.15) is 0 Å². The average molecular weight is 1070 g/mol. The fourth-order valence-corrected chi connectivity index (χ4v) is 8.98. The molecule has 0 amide bonds. The van der Waals surface area contributed by atoms with Crippen molar-refractivity contribution in [2.24, 2.45) is 0 Å². The van der Waals surface area contributed by atoms with Crippen molar-refractivity contribution in [1.82, 2.24) is 0 Å². The molecule has 0 saturated heterocycles. The van der Waals surface area contributed by atoms with Crippen LogP contribution in [0.5, 0.6) is 0 Å². The number of carbonyl (C=O) groups excluding carboxylic acids is 3. The molecule has 0 bridgehead atoms. The highest BCUT2D eigenvalue weighted by Crippen LogP contribution is 2.17. The molecule has 0 aromatic rings. The molecule has 0 aliphatic rings. The molecule has 0 spiro atoms. The summed E-state index contributed by atoms with van der Waals surface area (Å²) in [4.78, 5) is 38.3. The van der Waals surface area contributed by atoms with Gasteiger partial charge in [0.15, 0.2) is 6.10 Å². The number of ether oxygens (including phenoxy) is 3. The fraction of sp³-hybridized carbons (Fsp3) is 0.704. The molecule has 0 N–H and O–H groups in total. The van der Waals surface area contributed by atoms with Crippen LogP contribution in [0.15, 0.2) is 109 Å². The number of allylic oxidation sites excluding steroid dienone is 18. The summed E-state index contributed by atoms with van der Waals surface area (Å²) >= 11 is 0. The van der Waals surface area contributed by atoms with E-state index in [9.17, 15) is 14.4 Å². The van der Waals surface area contributed by atoms with Crippen LogP contribution >= 0.6 is 0 Å². The van der Waals surface area contributed by atoms with Gasteiger partial charge in [-0.05, 0) is 83.5 Å². The van der Waals surface area contributed by atoms with Crippen molar-refractivity contribution in [3.05, 3.63) is 109 Å². The Labute approximate surface area is 476 Å². The second-order valence-electron chi connectivity index (χ2n) is 21.3. The van der Waals surface area contributed by atoms with Crippen molar-refractivity contribution in [1.29, 1.82) is 0 Å². The van der Waals surface area contributed by atoms with Gasteiger partial charge < -0.3 is 14.2 Å². The number of hydrogen-bond acceptors (Lipinski definition) is 6. The summed E-state index contributed by atoms with van der Waals surface area (Å²) in [6.07, 6.45) is 88.1. The van der Waals surface area contributed by atoms with E-state index in [0.29, 0.717) is 19.3 Å². The number of unbranched alkanes of at least 4 members (excludes halogenated alkanes) is 29. The Bertz CT molecular complexity index is 1560. The zero-order valence-electron chi connectivity index (χ0n) is 50.4. The molecule has 1 unspecified atom stereocenters. The van der Waals surface area contributed by atoms with Gasteiger partial charge in [0, 0.05) is 19.3 Å². The van der Waals surface area contributed by atoms with Gasteiger partial charge in [-0.3, -0.25) is 14.4 Å². The predicted octanol–water partition coefficient (Wildman–Crippen LogP) is 22.2. The van der Waals surface area contributed by atoms with Gasteiger partial charge in [0.2, 0.25) is 0 Å². The van der Waals surface area contributed by atoms with Crippen LogP contribution in [0.2, 0.25) is 0 Å². The van der Waals surface area contributed by atoms with Crippen LogP contribution in [-0.4, -0.2) is 37.2 Å². The molecular weight excluding hydrogens is 949 g/mol. The summed E-state index contributed by atoms with van der Waals surface area (Å²) in [5, 5.41) is 0. The summed E-state index contributed by atoms with van der Waals surface area (Å²) < 4.78 is 16.9. The van der Waals surface area contributed by atoms with Gasteiger partial charge >= 0.3 is 17.9 Å². The van der Waals surface area contributed by atoms with Crippen molar-refractivity contribution in [2.45, 2.75) is 309 Å². The normalized spacial score (nSPS) is 12.8. The van der Waals surface area contributed by atoms with E-state index in [2.05, 4.69) is 130 Å². The van der Waals surface area contributed by atoms with Crippen molar-refractivity contribution in [2.75, 3.05) is 13.2 Å². The third-order valence-corrected chi connectivity index (χ3v) is 13.8. The highest BCUT2D eigenvalue weighted by molar-refractivity contribution is 5.71. The quantitative estimate of drug-likeness (QED) is 0.0261. The van der Waals surface area contributed by atoms with E-state index in [-0.39, 0.29) is 37.5 Å². The molecule has 0 aromatic carbocycles. The Morgan fingerprint density at radius 2 is 0.506 bits per heavy atom. The summed E-state index contributed by atoms with van der Waals surface area (Å²) in [5.41, 5.74) is 0. The molecule has 6 nitrogen and oxygen atoms in total. The zero-order chi connectivity index (χ0) is 55.7. The van der Waals surface area contributed by atoms with Crippen LogP contribution in [0.1, 0.15) is 303 Å². The van der Waals surface area contributed by atoms with E-state index < -0.39 is 6.10 Å². The molecule has 77 heavy (non-hydrogen) atoms. The topological polar surface area (TPSA) is 78.9 Å². The second kappa shape index (κ2) is 64.6. The molecule has 0 saturated carbocycles. The van der Waals surface area contributed by atoms with Crippen molar-refractivity contribution in [3.8, 4) is 0 Å². The van der Waals surface area contributed by atoms with Crippen LogP contribution in [0.3, 0.4) is 0 Å². The van der Waals surface area contributed by atoms with E-state index >= 15 is 0 Å². The summed E-state index contributed by atoms with van der Waals surface area (Å²) in [6.45, 7) is 6.51. The van der Waals surface area contributed by atoms with Crippen LogP contribution in [0.4, 0.5) is 0 Å². The summed E-state index contributed by atoms with van der Waals surface area (Å²) in [7, 11) is 0. The standard InChI is InChI=1S/C71H120O6/c1-4-7-10-13-16-19-22-25-28-30-31-32-33-34-35-36-37-38-39-40-41-42-44-46-49-52-55-58-61-64-70(73)76-67-68(66-75-69(72)63-60-57-54-51-48-45-27-24-21-18-15-12-9-6-3)77-71(74)65-62-59-56-53-50-47-43-29-26-23-20-17-14-11-8-5-2/h7,10,16,19,25,28,31-32,34-35,37-38,40-41,44,46,52,55,68H,4-6,8-9,11-15,17-18,20-24,26-27,29-30,33,36,39,42-43,45,47-51,53-54,56-67H2,1-3H3/b10-7-,19-16-,28-25-,32-31-,35-34-,38-37-,41-40-,46-44-,55-52-. The lowest BCUT2D eigenvalue weighted by Gasteiger charge is -2.18.